The van der Waals surface area contributed by atoms with Crippen LogP contribution < -0.4 is 10.0 Å². The van der Waals surface area contributed by atoms with Crippen molar-refractivity contribution < 1.29 is 12.8 Å². The van der Waals surface area contributed by atoms with Crippen LogP contribution in [0.1, 0.15) is 18.4 Å². The molecule has 0 aliphatic carbocycles. The second kappa shape index (κ2) is 8.42. The molecule has 5 nitrogen and oxygen atoms in total. The number of benzene rings is 1. The van der Waals surface area contributed by atoms with Gasteiger partial charge in [0.25, 0.3) is 10.2 Å². The molecule has 1 fully saturated rings. The zero-order chi connectivity index (χ0) is 15.5. The van der Waals surface area contributed by atoms with Crippen molar-refractivity contribution in [1.82, 2.24) is 14.3 Å². The molecule has 1 atom stereocenters. The third-order valence-electron chi connectivity index (χ3n) is 3.47. The average Bonchev–Trinajstić information content (AvgIpc) is 2.43. The van der Waals surface area contributed by atoms with Gasteiger partial charge in [-0.25, -0.2) is 4.39 Å². The third kappa shape index (κ3) is 5.04. The molecular weight excluding hydrogens is 352 g/mol. The van der Waals surface area contributed by atoms with Crippen LogP contribution in [0.2, 0.25) is 5.02 Å². The molecule has 1 heterocycles. The molecule has 0 radical (unpaired) electrons. The van der Waals surface area contributed by atoms with Crippen molar-refractivity contribution in [3.8, 4) is 0 Å². The van der Waals surface area contributed by atoms with E-state index in [0.717, 1.165) is 23.7 Å². The summed E-state index contributed by atoms with van der Waals surface area (Å²) in [6.07, 6.45) is 1.72. The van der Waals surface area contributed by atoms with Gasteiger partial charge >= 0.3 is 0 Å². The second-order valence-corrected chi connectivity index (χ2v) is 7.34. The topological polar surface area (TPSA) is 61.4 Å². The van der Waals surface area contributed by atoms with Gasteiger partial charge in [-0.15, -0.1) is 12.4 Å². The number of piperidine rings is 1. The summed E-state index contributed by atoms with van der Waals surface area (Å²) >= 11 is 5.92. The maximum atomic E-state index is 13.7. The van der Waals surface area contributed by atoms with E-state index in [1.807, 2.05) is 0 Å². The monoisotopic (exact) mass is 371 g/mol. The van der Waals surface area contributed by atoms with Gasteiger partial charge in [0.05, 0.1) is 0 Å². The Kier molecular flexibility index (Phi) is 7.51. The lowest BCUT2D eigenvalue weighted by atomic mass is 10.1. The first-order chi connectivity index (χ1) is 9.90. The van der Waals surface area contributed by atoms with Crippen LogP contribution in [0.3, 0.4) is 0 Å². The first kappa shape index (κ1) is 19.6. The lowest BCUT2D eigenvalue weighted by Gasteiger charge is -2.26. The summed E-state index contributed by atoms with van der Waals surface area (Å²) in [6.45, 7) is 1.40. The van der Waals surface area contributed by atoms with Crippen LogP contribution in [0.25, 0.3) is 0 Å². The maximum Gasteiger partial charge on any atom is 0.279 e. The van der Waals surface area contributed by atoms with Crippen LogP contribution in [0.15, 0.2) is 18.2 Å². The van der Waals surface area contributed by atoms with Crippen molar-refractivity contribution in [2.75, 3.05) is 20.1 Å². The molecule has 2 N–H and O–H groups in total. The average molecular weight is 372 g/mol. The smallest absolute Gasteiger partial charge is 0.279 e. The minimum atomic E-state index is -3.67. The summed E-state index contributed by atoms with van der Waals surface area (Å²) in [4.78, 5) is 0. The fraction of sp³-hybridized carbons (Fsp3) is 0.538. The minimum absolute atomic E-state index is 0. The van der Waals surface area contributed by atoms with Gasteiger partial charge in [-0.3, -0.25) is 0 Å². The van der Waals surface area contributed by atoms with Crippen LogP contribution in [-0.4, -0.2) is 38.9 Å². The maximum absolute atomic E-state index is 13.7. The molecule has 1 aromatic rings. The molecular formula is C13H20Cl2FN3O2S. The lowest BCUT2D eigenvalue weighted by Crippen LogP contribution is -2.49. The van der Waals surface area contributed by atoms with E-state index in [1.54, 1.807) is 6.07 Å². The van der Waals surface area contributed by atoms with Crippen LogP contribution in [0.5, 0.6) is 0 Å². The number of hydrogen-bond acceptors (Lipinski definition) is 3. The summed E-state index contributed by atoms with van der Waals surface area (Å²) in [6, 6.07) is 4.16. The summed E-state index contributed by atoms with van der Waals surface area (Å²) in [5.74, 6) is -0.510. The molecule has 0 amide bonds. The Labute approximate surface area is 141 Å². The predicted octanol–water partition coefficient (Wildman–Crippen LogP) is 1.92. The molecule has 0 spiro atoms. The van der Waals surface area contributed by atoms with Gasteiger partial charge in [-0.1, -0.05) is 17.7 Å². The van der Waals surface area contributed by atoms with Gasteiger partial charge in [-0.2, -0.15) is 17.4 Å². The third-order valence-corrected chi connectivity index (χ3v) is 5.40. The molecule has 2 rings (SSSR count). The van der Waals surface area contributed by atoms with E-state index >= 15 is 0 Å². The van der Waals surface area contributed by atoms with E-state index in [0.29, 0.717) is 6.54 Å². The fourth-order valence-electron chi connectivity index (χ4n) is 2.24. The quantitative estimate of drug-likeness (QED) is 0.830. The SMILES string of the molecule is CN(Cc1c(F)cccc1Cl)S(=O)(=O)N[C@@H]1CCCNC1.Cl. The first-order valence-electron chi connectivity index (χ1n) is 6.77. The fourth-order valence-corrected chi connectivity index (χ4v) is 3.57. The van der Waals surface area contributed by atoms with Gasteiger partial charge in [0.2, 0.25) is 0 Å². The van der Waals surface area contributed by atoms with Crippen molar-refractivity contribution in [1.29, 1.82) is 0 Å². The van der Waals surface area contributed by atoms with Crippen LogP contribution >= 0.6 is 24.0 Å². The van der Waals surface area contributed by atoms with E-state index in [1.165, 1.54) is 19.2 Å². The molecule has 9 heteroatoms. The van der Waals surface area contributed by atoms with Gasteiger partial charge in [0.1, 0.15) is 5.82 Å². The normalized spacial score (nSPS) is 19.0. The molecule has 126 valence electrons. The van der Waals surface area contributed by atoms with Crippen molar-refractivity contribution >= 4 is 34.2 Å². The molecule has 0 bridgehead atoms. The molecule has 0 unspecified atom stereocenters. The highest BCUT2D eigenvalue weighted by Gasteiger charge is 2.25. The lowest BCUT2D eigenvalue weighted by molar-refractivity contribution is 0.399. The van der Waals surface area contributed by atoms with Gasteiger partial charge in [-0.05, 0) is 31.5 Å². The van der Waals surface area contributed by atoms with Crippen LogP contribution in [0.4, 0.5) is 4.39 Å². The van der Waals surface area contributed by atoms with Gasteiger partial charge < -0.3 is 5.32 Å². The van der Waals surface area contributed by atoms with E-state index in [-0.39, 0.29) is 35.6 Å². The Balaban J connectivity index is 0.00000242. The number of nitrogens with one attached hydrogen (secondary N) is 2. The molecule has 22 heavy (non-hydrogen) atoms. The number of rotatable bonds is 5. The van der Waals surface area contributed by atoms with Crippen molar-refractivity contribution in [3.05, 3.63) is 34.6 Å². The van der Waals surface area contributed by atoms with Crippen LogP contribution in [-0.2, 0) is 16.8 Å². The largest absolute Gasteiger partial charge is 0.315 e. The number of hydrogen-bond donors (Lipinski definition) is 2. The summed E-state index contributed by atoms with van der Waals surface area (Å²) < 4.78 is 41.9. The van der Waals surface area contributed by atoms with E-state index in [2.05, 4.69) is 10.0 Å². The molecule has 1 saturated heterocycles. The summed E-state index contributed by atoms with van der Waals surface area (Å²) in [7, 11) is -2.27. The Bertz CT molecular complexity index is 575. The molecule has 1 aliphatic heterocycles. The zero-order valence-electron chi connectivity index (χ0n) is 12.2. The second-order valence-electron chi connectivity index (χ2n) is 5.12. The van der Waals surface area contributed by atoms with E-state index in [4.69, 9.17) is 11.6 Å². The van der Waals surface area contributed by atoms with Crippen molar-refractivity contribution in [2.24, 2.45) is 0 Å². The first-order valence-corrected chi connectivity index (χ1v) is 8.59. The molecule has 1 aromatic carbocycles. The van der Waals surface area contributed by atoms with Crippen molar-refractivity contribution in [2.45, 2.75) is 25.4 Å². The Morgan fingerprint density at radius 2 is 2.23 bits per heavy atom. The minimum Gasteiger partial charge on any atom is -0.315 e. The van der Waals surface area contributed by atoms with Crippen LogP contribution in [0, 0.1) is 5.82 Å². The van der Waals surface area contributed by atoms with Gasteiger partial charge in [0, 0.05) is 36.8 Å². The predicted molar refractivity (Wildman–Crippen MR) is 88.1 cm³/mol. The zero-order valence-corrected chi connectivity index (χ0v) is 14.6. The van der Waals surface area contributed by atoms with Crippen molar-refractivity contribution in [3.63, 3.8) is 0 Å². The highest BCUT2D eigenvalue weighted by molar-refractivity contribution is 7.87. The van der Waals surface area contributed by atoms with Gasteiger partial charge in [0.15, 0.2) is 0 Å². The Hall–Kier alpha value is -0.440. The Morgan fingerprint density at radius 3 is 2.82 bits per heavy atom. The highest BCUT2D eigenvalue weighted by atomic mass is 35.5. The van der Waals surface area contributed by atoms with E-state index < -0.39 is 16.0 Å². The standard InChI is InChI=1S/C13H19ClFN3O2S.ClH/c1-18(9-11-12(14)5-2-6-13(11)15)21(19,20)17-10-4-3-7-16-8-10;/h2,5-6,10,16-17H,3-4,7-9H2,1H3;1H/t10-;/m1./s1. The molecule has 1 aliphatic rings. The highest BCUT2D eigenvalue weighted by Crippen LogP contribution is 2.21. The molecule has 0 aromatic heterocycles. The summed E-state index contributed by atoms with van der Waals surface area (Å²) in [5.41, 5.74) is 0.175. The van der Waals surface area contributed by atoms with E-state index in [9.17, 15) is 12.8 Å². The number of halogens is 3. The molecule has 0 saturated carbocycles. The number of nitrogens with zero attached hydrogens (tertiary/aromatic N) is 1. The Morgan fingerprint density at radius 1 is 1.50 bits per heavy atom. The summed E-state index contributed by atoms with van der Waals surface area (Å²) in [5, 5.41) is 3.36.